The summed E-state index contributed by atoms with van der Waals surface area (Å²) < 4.78 is 30.5. The molecule has 0 saturated carbocycles. The van der Waals surface area contributed by atoms with Gasteiger partial charge < -0.3 is 10.1 Å². The predicted octanol–water partition coefficient (Wildman–Crippen LogP) is 3.63. The highest BCUT2D eigenvalue weighted by atomic mass is 32.2. The molecule has 0 aromatic heterocycles. The fourth-order valence-electron chi connectivity index (χ4n) is 2.37. The molecule has 0 aliphatic rings. The van der Waals surface area contributed by atoms with Crippen molar-refractivity contribution in [3.05, 3.63) is 54.1 Å². The van der Waals surface area contributed by atoms with Crippen molar-refractivity contribution in [1.29, 1.82) is 0 Å². The van der Waals surface area contributed by atoms with Crippen LogP contribution >= 0.6 is 0 Å². The first-order valence-electron chi connectivity index (χ1n) is 7.40. The summed E-state index contributed by atoms with van der Waals surface area (Å²) in [5, 5.41) is 3.45. The van der Waals surface area contributed by atoms with Gasteiger partial charge in [-0.3, -0.25) is 4.72 Å². The molecule has 0 spiro atoms. The molecule has 0 saturated heterocycles. The molecular weight excluding hydrogens is 312 g/mol. The second-order valence-electron chi connectivity index (χ2n) is 5.31. The van der Waals surface area contributed by atoms with Crippen LogP contribution in [0, 0.1) is 0 Å². The highest BCUT2D eigenvalue weighted by Crippen LogP contribution is 2.31. The van der Waals surface area contributed by atoms with E-state index in [4.69, 9.17) is 4.74 Å². The number of hydrogen-bond acceptors (Lipinski definition) is 4. The van der Waals surface area contributed by atoms with E-state index < -0.39 is 10.0 Å². The number of hydrogen-bond donors (Lipinski definition) is 2. The molecule has 0 aliphatic heterocycles. The van der Waals surface area contributed by atoms with E-state index in [2.05, 4.69) is 29.1 Å². The van der Waals surface area contributed by atoms with Gasteiger partial charge in [0.2, 0.25) is 10.0 Å². The minimum atomic E-state index is -3.34. The number of ether oxygens (including phenoxy) is 1. The maximum Gasteiger partial charge on any atom is 0.229 e. The minimum Gasteiger partial charge on any atom is -0.494 e. The number of rotatable bonds is 7. The van der Waals surface area contributed by atoms with Crippen molar-refractivity contribution < 1.29 is 13.2 Å². The Kier molecular flexibility index (Phi) is 5.50. The summed E-state index contributed by atoms with van der Waals surface area (Å²) >= 11 is 0. The zero-order valence-electron chi connectivity index (χ0n) is 13.5. The summed E-state index contributed by atoms with van der Waals surface area (Å²) in [6.45, 7) is 2.11. The van der Waals surface area contributed by atoms with Gasteiger partial charge in [0.25, 0.3) is 0 Å². The molecule has 0 bridgehead atoms. The topological polar surface area (TPSA) is 67.4 Å². The molecule has 1 atom stereocenters. The molecule has 0 radical (unpaired) electrons. The summed E-state index contributed by atoms with van der Waals surface area (Å²) in [4.78, 5) is 0. The van der Waals surface area contributed by atoms with Crippen LogP contribution in [0.5, 0.6) is 5.75 Å². The third-order valence-corrected chi connectivity index (χ3v) is 4.04. The Bertz CT molecular complexity index is 746. The highest BCUT2D eigenvalue weighted by Gasteiger charge is 2.12. The molecule has 6 heteroatoms. The third-order valence-electron chi connectivity index (χ3n) is 3.45. The Morgan fingerprint density at radius 1 is 1.13 bits per heavy atom. The highest BCUT2D eigenvalue weighted by molar-refractivity contribution is 7.92. The summed E-state index contributed by atoms with van der Waals surface area (Å²) in [6, 6.07) is 15.7. The Hall–Kier alpha value is -2.21. The van der Waals surface area contributed by atoms with Gasteiger partial charge in [-0.05, 0) is 24.1 Å². The molecule has 0 amide bonds. The number of benzene rings is 2. The zero-order valence-corrected chi connectivity index (χ0v) is 14.4. The fraction of sp³-hybridized carbons (Fsp3) is 0.294. The van der Waals surface area contributed by atoms with Gasteiger partial charge >= 0.3 is 0 Å². The van der Waals surface area contributed by atoms with Crippen molar-refractivity contribution in [1.82, 2.24) is 0 Å². The molecule has 0 heterocycles. The largest absolute Gasteiger partial charge is 0.494 e. The molecule has 124 valence electrons. The van der Waals surface area contributed by atoms with Gasteiger partial charge in [-0.15, -0.1) is 0 Å². The van der Waals surface area contributed by atoms with Crippen molar-refractivity contribution in [2.75, 3.05) is 23.4 Å². The van der Waals surface area contributed by atoms with Crippen molar-refractivity contribution >= 4 is 21.4 Å². The molecule has 2 rings (SSSR count). The molecule has 23 heavy (non-hydrogen) atoms. The van der Waals surface area contributed by atoms with E-state index in [0.717, 1.165) is 18.4 Å². The van der Waals surface area contributed by atoms with E-state index in [0.29, 0.717) is 11.4 Å². The van der Waals surface area contributed by atoms with Crippen LogP contribution in [0.4, 0.5) is 11.4 Å². The van der Waals surface area contributed by atoms with E-state index in [-0.39, 0.29) is 6.04 Å². The van der Waals surface area contributed by atoms with Gasteiger partial charge in [-0.2, -0.15) is 0 Å². The monoisotopic (exact) mass is 334 g/mol. The van der Waals surface area contributed by atoms with Crippen LogP contribution in [-0.4, -0.2) is 21.8 Å². The Balaban J connectivity index is 2.23. The number of methoxy groups -OCH3 is 1. The lowest BCUT2D eigenvalue weighted by atomic mass is 10.0. The van der Waals surface area contributed by atoms with Crippen LogP contribution in [0.25, 0.3) is 0 Å². The molecule has 2 aromatic rings. The first-order chi connectivity index (χ1) is 10.9. The van der Waals surface area contributed by atoms with Crippen LogP contribution < -0.4 is 14.8 Å². The van der Waals surface area contributed by atoms with Gasteiger partial charge in [-0.25, -0.2) is 8.42 Å². The van der Waals surface area contributed by atoms with Crippen molar-refractivity contribution in [2.45, 2.75) is 19.4 Å². The lowest BCUT2D eigenvalue weighted by Crippen LogP contribution is -2.12. The number of anilines is 2. The van der Waals surface area contributed by atoms with Gasteiger partial charge in [0.1, 0.15) is 5.75 Å². The normalized spacial score (nSPS) is 12.5. The van der Waals surface area contributed by atoms with Crippen molar-refractivity contribution in [3.8, 4) is 5.75 Å². The van der Waals surface area contributed by atoms with E-state index in [1.807, 2.05) is 24.3 Å². The van der Waals surface area contributed by atoms with Crippen molar-refractivity contribution in [3.63, 3.8) is 0 Å². The second-order valence-corrected chi connectivity index (χ2v) is 7.05. The molecule has 0 unspecified atom stereocenters. The molecular formula is C17H22N2O3S. The predicted molar refractivity (Wildman–Crippen MR) is 94.6 cm³/mol. The van der Waals surface area contributed by atoms with Gasteiger partial charge in [0.15, 0.2) is 0 Å². The van der Waals surface area contributed by atoms with E-state index >= 15 is 0 Å². The van der Waals surface area contributed by atoms with Crippen molar-refractivity contribution in [2.24, 2.45) is 0 Å². The van der Waals surface area contributed by atoms with Crippen LogP contribution in [0.2, 0.25) is 0 Å². The summed E-state index contributed by atoms with van der Waals surface area (Å²) in [7, 11) is -1.83. The molecule has 2 aromatic carbocycles. The third kappa shape index (κ3) is 4.89. The Labute approximate surface area is 137 Å². The first-order valence-corrected chi connectivity index (χ1v) is 9.29. The average Bonchev–Trinajstić information content (AvgIpc) is 2.53. The molecule has 5 nitrogen and oxygen atoms in total. The number of nitrogens with one attached hydrogen (secondary N) is 2. The summed E-state index contributed by atoms with van der Waals surface area (Å²) in [6.07, 6.45) is 2.04. The van der Waals surface area contributed by atoms with Crippen LogP contribution in [0.1, 0.15) is 24.9 Å². The quantitative estimate of drug-likeness (QED) is 0.811. The molecule has 0 fully saturated rings. The summed E-state index contributed by atoms with van der Waals surface area (Å²) in [5.41, 5.74) is 2.50. The van der Waals surface area contributed by atoms with Gasteiger partial charge in [-0.1, -0.05) is 37.3 Å². The SMILES string of the molecule is CC[C@H](Nc1ccc(NS(C)(=O)=O)c(OC)c1)c1ccccc1. The average molecular weight is 334 g/mol. The molecule has 2 N–H and O–H groups in total. The van der Waals surface area contributed by atoms with Gasteiger partial charge in [0.05, 0.1) is 25.1 Å². The lowest BCUT2D eigenvalue weighted by molar-refractivity contribution is 0.417. The van der Waals surface area contributed by atoms with Gasteiger partial charge in [0, 0.05) is 11.8 Å². The Morgan fingerprint density at radius 2 is 1.83 bits per heavy atom. The minimum absolute atomic E-state index is 0.176. The smallest absolute Gasteiger partial charge is 0.229 e. The molecule has 0 aliphatic carbocycles. The van der Waals surface area contributed by atoms with E-state index in [9.17, 15) is 8.42 Å². The first kappa shape index (κ1) is 17.1. The lowest BCUT2D eigenvalue weighted by Gasteiger charge is -2.20. The Morgan fingerprint density at radius 3 is 2.39 bits per heavy atom. The van der Waals surface area contributed by atoms with Crippen LogP contribution in [0.3, 0.4) is 0 Å². The van der Waals surface area contributed by atoms with Crippen LogP contribution in [-0.2, 0) is 10.0 Å². The maximum atomic E-state index is 11.4. The fourth-order valence-corrected chi connectivity index (χ4v) is 2.94. The number of sulfonamides is 1. The summed E-state index contributed by atoms with van der Waals surface area (Å²) in [5.74, 6) is 0.475. The maximum absolute atomic E-state index is 11.4. The standard InChI is InChI=1S/C17H22N2O3S/c1-4-15(13-8-6-5-7-9-13)18-14-10-11-16(17(12-14)22-2)19-23(3,20)21/h5-12,15,18-19H,4H2,1-3H3/t15-/m0/s1. The zero-order chi connectivity index (χ0) is 16.9. The van der Waals surface area contributed by atoms with E-state index in [1.54, 1.807) is 12.1 Å². The van der Waals surface area contributed by atoms with Crippen LogP contribution in [0.15, 0.2) is 48.5 Å². The second kappa shape index (κ2) is 7.37. The van der Waals surface area contributed by atoms with E-state index in [1.165, 1.54) is 12.7 Å².